The van der Waals surface area contributed by atoms with Crippen LogP contribution in [-0.2, 0) is 46.5 Å². The SMILES string of the molecule is CC1(C)C[C@@H]2C(=Cc3ccc(CN4O[C@@H]5[C@H]6OC(C7CC7)(C7CC7)O[C@H]6[C@@H]6C[C@]5(C(=O)NCc5cccc(C(=O)NCCO)c5)[C@@H]4C(=O)O6)cc3)CCC3O[C@]3(C)CC[C@H]21. The second-order valence-corrected chi connectivity index (χ2v) is 20.4. The second-order valence-electron chi connectivity index (χ2n) is 20.4. The fourth-order valence-electron chi connectivity index (χ4n) is 12.4. The number of fused-ring (bicyclic) bond motifs is 6. The Balaban J connectivity index is 0.864. The molecule has 5 aliphatic carbocycles. The van der Waals surface area contributed by atoms with Gasteiger partial charge in [0.1, 0.15) is 29.8 Å². The molecule has 0 spiro atoms. The third-order valence-corrected chi connectivity index (χ3v) is 16.0. The number of hydrogen-bond acceptors (Lipinski definition) is 10. The lowest BCUT2D eigenvalue weighted by Crippen LogP contribution is -2.69. The van der Waals surface area contributed by atoms with Crippen molar-refractivity contribution < 1.29 is 43.3 Å². The van der Waals surface area contributed by atoms with Gasteiger partial charge in [0.25, 0.3) is 5.91 Å². The normalized spacial score (nSPS) is 38.9. The van der Waals surface area contributed by atoms with Gasteiger partial charge >= 0.3 is 5.97 Å². The van der Waals surface area contributed by atoms with E-state index in [2.05, 4.69) is 61.7 Å². The first-order valence-corrected chi connectivity index (χ1v) is 22.6. The molecular formula is C48H59N3O9. The van der Waals surface area contributed by atoms with E-state index in [9.17, 15) is 19.5 Å². The van der Waals surface area contributed by atoms with E-state index in [0.29, 0.717) is 28.9 Å². The van der Waals surface area contributed by atoms with E-state index in [1.807, 2.05) is 6.07 Å². The van der Waals surface area contributed by atoms with Crippen LogP contribution in [0.4, 0.5) is 0 Å². The van der Waals surface area contributed by atoms with Gasteiger partial charge in [-0.05, 0) is 111 Å². The van der Waals surface area contributed by atoms with Crippen LogP contribution in [0.3, 0.4) is 0 Å². The first-order chi connectivity index (χ1) is 28.9. The van der Waals surface area contributed by atoms with Gasteiger partial charge in [-0.15, -0.1) is 0 Å². The highest BCUT2D eigenvalue weighted by Crippen LogP contribution is 2.64. The number of rotatable bonds is 11. The van der Waals surface area contributed by atoms with Crippen LogP contribution in [0.1, 0.15) is 112 Å². The summed E-state index contributed by atoms with van der Waals surface area (Å²) in [4.78, 5) is 48.7. The van der Waals surface area contributed by atoms with Crippen LogP contribution in [0.25, 0.3) is 6.08 Å². The smallest absolute Gasteiger partial charge is 0.327 e. The number of epoxide rings is 1. The number of benzene rings is 2. The van der Waals surface area contributed by atoms with Crippen molar-refractivity contribution in [3.8, 4) is 0 Å². The summed E-state index contributed by atoms with van der Waals surface area (Å²) in [5.74, 6) is 0.0139. The summed E-state index contributed by atoms with van der Waals surface area (Å²) in [5, 5.41) is 16.7. The maximum Gasteiger partial charge on any atom is 0.327 e. The lowest BCUT2D eigenvalue weighted by Gasteiger charge is -2.53. The monoisotopic (exact) mass is 821 g/mol. The van der Waals surface area contributed by atoms with Crippen LogP contribution < -0.4 is 10.6 Å². The van der Waals surface area contributed by atoms with Crippen molar-refractivity contribution in [3.05, 3.63) is 76.4 Å². The van der Waals surface area contributed by atoms with Gasteiger partial charge in [-0.1, -0.05) is 61.9 Å². The minimum absolute atomic E-state index is 0.0510. The van der Waals surface area contributed by atoms with Crippen LogP contribution in [0.15, 0.2) is 54.1 Å². The Morgan fingerprint density at radius 2 is 1.67 bits per heavy atom. The summed E-state index contributed by atoms with van der Waals surface area (Å²) in [5.41, 5.74) is 3.91. The third kappa shape index (κ3) is 6.41. The molecule has 12 heteroatoms. The van der Waals surface area contributed by atoms with Crippen molar-refractivity contribution in [1.82, 2.24) is 15.7 Å². The van der Waals surface area contributed by atoms with E-state index < -0.39 is 47.6 Å². The van der Waals surface area contributed by atoms with E-state index >= 15 is 0 Å². The van der Waals surface area contributed by atoms with Gasteiger partial charge in [-0.3, -0.25) is 19.2 Å². The maximum absolute atomic E-state index is 14.9. The summed E-state index contributed by atoms with van der Waals surface area (Å²) in [6.07, 6.45) is 10.3. The first-order valence-electron chi connectivity index (χ1n) is 22.6. The molecule has 3 N–H and O–H groups in total. The van der Waals surface area contributed by atoms with Crippen LogP contribution >= 0.6 is 0 Å². The number of aliphatic hydroxyl groups excluding tert-OH is 1. The molecule has 0 radical (unpaired) electrons. The molecule has 4 saturated heterocycles. The summed E-state index contributed by atoms with van der Waals surface area (Å²) in [7, 11) is 0. The standard InChI is InChI=1S/C48H59N3O9/c1-45(2)23-34-30(11-16-37-46(3,57-37)18-17-35(34)45)21-27-7-9-28(10-8-27)26-51-40-43(54)56-36-24-47(40,44(55)50-25-29-5-4-6-31(22-29)42(53)49-19-20-52)41(60-51)39-38(36)58-48(59-39,32-12-13-32)33-14-15-33/h4-10,21-22,32-41,52H,11-20,23-26H2,1-3H3,(H,49,53)(H,50,55)/t34-,35-,36+,37?,38+,39+,40+,41-,46-,47+/m1/s1. The molecular weight excluding hydrogens is 763 g/mol. The molecule has 9 aliphatic rings. The number of hydrogen-bond donors (Lipinski definition) is 3. The van der Waals surface area contributed by atoms with E-state index in [4.69, 9.17) is 23.8 Å². The zero-order chi connectivity index (χ0) is 41.2. The molecule has 0 aromatic heterocycles. The van der Waals surface area contributed by atoms with Gasteiger partial charge in [0, 0.05) is 36.9 Å². The first kappa shape index (κ1) is 39.2. The molecule has 2 aromatic rings. The summed E-state index contributed by atoms with van der Waals surface area (Å²) >= 11 is 0. The Morgan fingerprint density at radius 1 is 0.900 bits per heavy atom. The molecule has 12 nitrogen and oxygen atoms in total. The van der Waals surface area contributed by atoms with Crippen LogP contribution in [0.5, 0.6) is 0 Å². The number of amides is 2. The Kier molecular flexibility index (Phi) is 9.27. The molecule has 2 aromatic carbocycles. The number of hydroxylamine groups is 2. The van der Waals surface area contributed by atoms with Gasteiger partial charge in [0.2, 0.25) is 5.91 Å². The fraction of sp³-hybridized carbons (Fsp3) is 0.646. The number of carbonyl (C=O) groups excluding carboxylic acids is 3. The largest absolute Gasteiger partial charge is 0.458 e. The number of carbonyl (C=O) groups is 3. The molecule has 4 heterocycles. The van der Waals surface area contributed by atoms with Crippen molar-refractivity contribution >= 4 is 23.9 Å². The zero-order valence-electron chi connectivity index (χ0n) is 35.0. The molecule has 1 unspecified atom stereocenters. The van der Waals surface area contributed by atoms with Crippen molar-refractivity contribution in [2.45, 2.75) is 146 Å². The Bertz CT molecular complexity index is 2080. The minimum Gasteiger partial charge on any atom is -0.458 e. The maximum atomic E-state index is 14.9. The molecule has 320 valence electrons. The predicted molar refractivity (Wildman–Crippen MR) is 218 cm³/mol. The molecule has 9 fully saturated rings. The highest BCUT2D eigenvalue weighted by Gasteiger charge is 2.78. The quantitative estimate of drug-likeness (QED) is 0.193. The number of allylic oxidation sites excluding steroid dienone is 1. The van der Waals surface area contributed by atoms with Crippen LogP contribution in [-0.4, -0.2) is 89.1 Å². The molecule has 60 heavy (non-hydrogen) atoms. The number of nitrogens with one attached hydrogen (secondary N) is 2. The topological polar surface area (TPSA) is 148 Å². The lowest BCUT2D eigenvalue weighted by molar-refractivity contribution is -0.235. The Hall–Kier alpha value is -3.65. The highest BCUT2D eigenvalue weighted by atomic mass is 16.8. The third-order valence-electron chi connectivity index (χ3n) is 16.0. The predicted octanol–water partition coefficient (Wildman–Crippen LogP) is 5.60. The summed E-state index contributed by atoms with van der Waals surface area (Å²) < 4.78 is 26.4. The number of ether oxygens (including phenoxy) is 4. The van der Waals surface area contributed by atoms with Crippen molar-refractivity contribution in [1.29, 1.82) is 0 Å². The Labute approximate surface area is 352 Å². The molecule has 10 atom stereocenters. The zero-order valence-corrected chi connectivity index (χ0v) is 35.0. The summed E-state index contributed by atoms with van der Waals surface area (Å²) in [6.45, 7) is 7.54. The average Bonchev–Trinajstić information content (AvgIpc) is 4.18. The van der Waals surface area contributed by atoms with Crippen LogP contribution in [0, 0.1) is 34.5 Å². The van der Waals surface area contributed by atoms with Crippen LogP contribution in [0.2, 0.25) is 0 Å². The van der Waals surface area contributed by atoms with E-state index in [1.54, 1.807) is 23.3 Å². The second kappa shape index (κ2) is 14.2. The fourth-order valence-corrected chi connectivity index (χ4v) is 12.4. The molecule has 2 bridgehead atoms. The van der Waals surface area contributed by atoms with E-state index in [0.717, 1.165) is 61.6 Å². The molecule has 2 amide bonds. The van der Waals surface area contributed by atoms with Crippen molar-refractivity contribution in [2.24, 2.45) is 34.5 Å². The van der Waals surface area contributed by atoms with Gasteiger partial charge < -0.3 is 34.7 Å². The average molecular weight is 822 g/mol. The van der Waals surface area contributed by atoms with Gasteiger partial charge in [-0.2, -0.15) is 5.06 Å². The summed E-state index contributed by atoms with van der Waals surface area (Å²) in [6, 6.07) is 14.6. The number of esters is 1. The van der Waals surface area contributed by atoms with Gasteiger partial charge in [0.05, 0.1) is 24.9 Å². The van der Waals surface area contributed by atoms with Crippen molar-refractivity contribution in [3.63, 3.8) is 0 Å². The number of nitrogens with zero attached hydrogens (tertiary/aromatic N) is 1. The minimum atomic E-state index is -1.29. The van der Waals surface area contributed by atoms with E-state index in [-0.39, 0.29) is 61.9 Å². The molecule has 11 rings (SSSR count). The van der Waals surface area contributed by atoms with Gasteiger partial charge in [0.15, 0.2) is 11.8 Å². The number of aliphatic hydroxyl groups is 1. The lowest BCUT2D eigenvalue weighted by atomic mass is 9.52. The molecule has 4 aliphatic heterocycles. The van der Waals surface area contributed by atoms with Gasteiger partial charge in [-0.25, -0.2) is 0 Å². The molecule has 5 saturated carbocycles. The Morgan fingerprint density at radius 3 is 2.40 bits per heavy atom. The highest BCUT2D eigenvalue weighted by molar-refractivity contribution is 5.95. The van der Waals surface area contributed by atoms with Crippen molar-refractivity contribution in [2.75, 3.05) is 13.2 Å². The van der Waals surface area contributed by atoms with E-state index in [1.165, 1.54) is 18.4 Å².